The number of fused-ring (bicyclic) bond motifs is 1. The van der Waals surface area contributed by atoms with Crippen molar-refractivity contribution in [3.63, 3.8) is 0 Å². The first-order chi connectivity index (χ1) is 12.5. The Morgan fingerprint density at radius 2 is 2.08 bits per heavy atom. The number of hydrogen-bond acceptors (Lipinski definition) is 5. The highest BCUT2D eigenvalue weighted by Gasteiger charge is 2.37. The molecule has 134 valence electrons. The van der Waals surface area contributed by atoms with Gasteiger partial charge in [-0.25, -0.2) is 4.98 Å². The summed E-state index contributed by atoms with van der Waals surface area (Å²) in [5.74, 6) is -0.901. The van der Waals surface area contributed by atoms with Crippen LogP contribution in [0.1, 0.15) is 43.1 Å². The van der Waals surface area contributed by atoms with E-state index in [4.69, 9.17) is 0 Å². The molecule has 0 bridgehead atoms. The minimum atomic E-state index is -0.720. The van der Waals surface area contributed by atoms with Gasteiger partial charge >= 0.3 is 0 Å². The molecule has 0 aliphatic heterocycles. The number of aromatic hydroxyl groups is 1. The molecular formula is C19H20N4O3. The maximum absolute atomic E-state index is 11.9. The third-order valence-electron chi connectivity index (χ3n) is 5.23. The normalized spacial score (nSPS) is 16.2. The first-order valence-corrected chi connectivity index (χ1v) is 8.74. The van der Waals surface area contributed by atoms with Crippen LogP contribution in [0.5, 0.6) is 5.75 Å². The molecule has 4 rings (SSSR count). The van der Waals surface area contributed by atoms with Gasteiger partial charge in [0, 0.05) is 24.7 Å². The van der Waals surface area contributed by atoms with Crippen LogP contribution < -0.4 is 5.43 Å². The maximum Gasteiger partial charge on any atom is 0.252 e. The molecule has 1 aliphatic carbocycles. The maximum atomic E-state index is 11.9. The van der Waals surface area contributed by atoms with Crippen molar-refractivity contribution < 1.29 is 9.90 Å². The van der Waals surface area contributed by atoms with E-state index < -0.39 is 17.0 Å². The van der Waals surface area contributed by atoms with E-state index in [2.05, 4.69) is 14.6 Å². The summed E-state index contributed by atoms with van der Waals surface area (Å²) in [6.45, 7) is 1.74. The van der Waals surface area contributed by atoms with Crippen LogP contribution in [0.4, 0.5) is 0 Å². The van der Waals surface area contributed by atoms with Gasteiger partial charge in [-0.3, -0.25) is 14.3 Å². The lowest BCUT2D eigenvalue weighted by Gasteiger charge is -2.32. The van der Waals surface area contributed by atoms with E-state index in [0.29, 0.717) is 6.54 Å². The van der Waals surface area contributed by atoms with Gasteiger partial charge in [0.15, 0.2) is 17.2 Å². The van der Waals surface area contributed by atoms with Crippen LogP contribution in [-0.2, 0) is 12.1 Å². The van der Waals surface area contributed by atoms with Gasteiger partial charge in [0.05, 0.1) is 18.3 Å². The van der Waals surface area contributed by atoms with Crippen LogP contribution in [0.2, 0.25) is 0 Å². The molecule has 1 N–H and O–H groups in total. The van der Waals surface area contributed by atoms with E-state index >= 15 is 0 Å². The summed E-state index contributed by atoms with van der Waals surface area (Å²) in [5.41, 5.74) is -0.291. The Morgan fingerprint density at radius 1 is 1.31 bits per heavy atom. The third kappa shape index (κ3) is 2.60. The van der Waals surface area contributed by atoms with E-state index in [1.165, 1.54) is 17.8 Å². The molecule has 7 heteroatoms. The highest BCUT2D eigenvalue weighted by Crippen LogP contribution is 2.40. The third-order valence-corrected chi connectivity index (χ3v) is 5.23. The second-order valence-corrected chi connectivity index (χ2v) is 6.98. The van der Waals surface area contributed by atoms with Gasteiger partial charge < -0.3 is 9.67 Å². The van der Waals surface area contributed by atoms with Crippen molar-refractivity contribution in [3.8, 4) is 5.75 Å². The standard InChI is InChI=1S/C19H20N4O3/c1-13(24)16-17(26)15(25)11-22(21-16)12-19(7-2-3-8-19)23-10-6-14-5-4-9-20-18(14)23/h4-6,9-11,25H,2-3,7-8,12H2,1H3. The molecule has 0 aromatic carbocycles. The number of Topliss-reactive ketones (excluding diaryl/α,β-unsaturated/α-hetero) is 1. The van der Waals surface area contributed by atoms with Crippen molar-refractivity contribution in [2.24, 2.45) is 0 Å². The number of carbonyl (C=O) groups is 1. The molecule has 1 saturated carbocycles. The van der Waals surface area contributed by atoms with Crippen molar-refractivity contribution in [1.29, 1.82) is 0 Å². The first kappa shape index (κ1) is 16.5. The smallest absolute Gasteiger partial charge is 0.252 e. The average Bonchev–Trinajstić information content (AvgIpc) is 3.25. The van der Waals surface area contributed by atoms with Crippen LogP contribution in [0.15, 0.2) is 41.6 Å². The van der Waals surface area contributed by atoms with Gasteiger partial charge in [-0.05, 0) is 31.0 Å². The van der Waals surface area contributed by atoms with Gasteiger partial charge in [0.1, 0.15) is 5.65 Å². The number of pyridine rings is 1. The summed E-state index contributed by atoms with van der Waals surface area (Å²) in [7, 11) is 0. The fraction of sp³-hybridized carbons (Fsp3) is 0.368. The summed E-state index contributed by atoms with van der Waals surface area (Å²) in [6.07, 6.45) is 9.18. The van der Waals surface area contributed by atoms with E-state index in [9.17, 15) is 14.7 Å². The van der Waals surface area contributed by atoms with E-state index in [1.54, 1.807) is 6.20 Å². The van der Waals surface area contributed by atoms with Crippen molar-refractivity contribution >= 4 is 16.8 Å². The van der Waals surface area contributed by atoms with Crippen LogP contribution in [0.3, 0.4) is 0 Å². The van der Waals surface area contributed by atoms with Gasteiger partial charge in [0.2, 0.25) is 0 Å². The van der Waals surface area contributed by atoms with Crippen molar-refractivity contribution in [2.45, 2.75) is 44.7 Å². The highest BCUT2D eigenvalue weighted by molar-refractivity contribution is 5.92. The lowest BCUT2D eigenvalue weighted by Crippen LogP contribution is -2.36. The SMILES string of the molecule is CC(=O)c1nn(CC2(n3ccc4cccnc43)CCCC2)cc(O)c1=O. The van der Waals surface area contributed by atoms with Crippen molar-refractivity contribution in [2.75, 3.05) is 0 Å². The van der Waals surface area contributed by atoms with Crippen LogP contribution in [0, 0.1) is 0 Å². The topological polar surface area (TPSA) is 90.0 Å². The summed E-state index contributed by atoms with van der Waals surface area (Å²) >= 11 is 0. The first-order valence-electron chi connectivity index (χ1n) is 8.74. The molecule has 26 heavy (non-hydrogen) atoms. The average molecular weight is 352 g/mol. The van der Waals surface area contributed by atoms with E-state index in [0.717, 1.165) is 36.7 Å². The zero-order valence-electron chi connectivity index (χ0n) is 14.6. The number of rotatable bonds is 4. The van der Waals surface area contributed by atoms with Crippen LogP contribution >= 0.6 is 0 Å². The van der Waals surface area contributed by atoms with Crippen LogP contribution in [-0.4, -0.2) is 30.2 Å². The molecule has 0 atom stereocenters. The second-order valence-electron chi connectivity index (χ2n) is 6.98. The van der Waals surface area contributed by atoms with Gasteiger partial charge in [-0.2, -0.15) is 5.10 Å². The Hall–Kier alpha value is -2.96. The Morgan fingerprint density at radius 3 is 2.81 bits per heavy atom. The molecule has 0 spiro atoms. The molecule has 1 fully saturated rings. The Bertz CT molecular complexity index is 1040. The Kier molecular flexibility index (Phi) is 3.86. The van der Waals surface area contributed by atoms with E-state index in [-0.39, 0.29) is 11.2 Å². The number of carbonyl (C=O) groups excluding carboxylic acids is 1. The van der Waals surface area contributed by atoms with E-state index in [1.807, 2.05) is 24.4 Å². The minimum absolute atomic E-state index is 0.228. The molecule has 3 heterocycles. The predicted octanol–water partition coefficient (Wildman–Crippen LogP) is 2.47. The number of aromatic nitrogens is 4. The van der Waals surface area contributed by atoms with Gasteiger partial charge in [-0.15, -0.1) is 0 Å². The van der Waals surface area contributed by atoms with Crippen molar-refractivity contribution in [3.05, 3.63) is 52.7 Å². The molecular weight excluding hydrogens is 332 g/mol. The zero-order chi connectivity index (χ0) is 18.3. The molecule has 3 aromatic heterocycles. The van der Waals surface area contributed by atoms with Crippen LogP contribution in [0.25, 0.3) is 11.0 Å². The molecule has 0 unspecified atom stereocenters. The molecule has 3 aromatic rings. The minimum Gasteiger partial charge on any atom is -0.503 e. The summed E-state index contributed by atoms with van der Waals surface area (Å²) in [6, 6.07) is 5.98. The Balaban J connectivity index is 1.82. The van der Waals surface area contributed by atoms with Crippen molar-refractivity contribution in [1.82, 2.24) is 19.3 Å². The fourth-order valence-corrected chi connectivity index (χ4v) is 3.99. The lowest BCUT2D eigenvalue weighted by molar-refractivity contribution is 0.100. The number of nitrogens with zero attached hydrogens (tertiary/aromatic N) is 4. The summed E-state index contributed by atoms with van der Waals surface area (Å²) in [4.78, 5) is 28.1. The summed E-state index contributed by atoms with van der Waals surface area (Å²) in [5, 5.41) is 15.2. The summed E-state index contributed by atoms with van der Waals surface area (Å²) < 4.78 is 3.70. The highest BCUT2D eigenvalue weighted by atomic mass is 16.3. The lowest BCUT2D eigenvalue weighted by atomic mass is 9.97. The number of hydrogen-bond donors (Lipinski definition) is 1. The zero-order valence-corrected chi connectivity index (χ0v) is 14.6. The van der Waals surface area contributed by atoms with Gasteiger partial charge in [0.25, 0.3) is 5.43 Å². The second kappa shape index (κ2) is 6.09. The molecule has 1 aliphatic rings. The molecule has 7 nitrogen and oxygen atoms in total. The molecule has 0 saturated heterocycles. The quantitative estimate of drug-likeness (QED) is 0.729. The fourth-order valence-electron chi connectivity index (χ4n) is 3.99. The Labute approximate surface area is 149 Å². The molecule has 0 radical (unpaired) electrons. The largest absolute Gasteiger partial charge is 0.503 e. The van der Waals surface area contributed by atoms with Gasteiger partial charge in [-0.1, -0.05) is 12.8 Å². The number of ketones is 1. The monoisotopic (exact) mass is 352 g/mol. The predicted molar refractivity (Wildman–Crippen MR) is 96.3 cm³/mol. The molecule has 0 amide bonds.